The lowest BCUT2D eigenvalue weighted by atomic mass is 9.96. The molecule has 1 aliphatic rings. The van der Waals surface area contributed by atoms with E-state index in [1.807, 2.05) is 48.8 Å². The smallest absolute Gasteiger partial charge is 0.174 e. The second kappa shape index (κ2) is 8.99. The van der Waals surface area contributed by atoms with E-state index in [-0.39, 0.29) is 17.9 Å². The molecule has 0 radical (unpaired) electrons. The van der Waals surface area contributed by atoms with Gasteiger partial charge in [-0.3, -0.25) is 9.97 Å². The summed E-state index contributed by atoms with van der Waals surface area (Å²) in [6.45, 7) is 6.81. The molecule has 0 saturated carbocycles. The first kappa shape index (κ1) is 22.2. The zero-order valence-electron chi connectivity index (χ0n) is 19.4. The Morgan fingerprint density at radius 2 is 1.79 bits per heavy atom. The Morgan fingerprint density at radius 3 is 2.50 bits per heavy atom. The first-order chi connectivity index (χ1) is 16.4. The molecule has 1 aromatic carbocycles. The predicted molar refractivity (Wildman–Crippen MR) is 136 cm³/mol. The minimum absolute atomic E-state index is 0.135. The molecule has 1 saturated heterocycles. The van der Waals surface area contributed by atoms with Crippen LogP contribution in [0.5, 0.6) is 0 Å². The number of hydrogen-bond acceptors (Lipinski definition) is 3. The molecule has 4 aromatic rings. The van der Waals surface area contributed by atoms with Crippen LogP contribution in [0.15, 0.2) is 73.2 Å². The average molecular weight is 472 g/mol. The first-order valence-electron chi connectivity index (χ1n) is 11.3. The summed E-state index contributed by atoms with van der Waals surface area (Å²) in [5, 5.41) is 4.09. The number of aryl methyl sites for hydroxylation is 2. The van der Waals surface area contributed by atoms with Gasteiger partial charge in [-0.2, -0.15) is 0 Å². The van der Waals surface area contributed by atoms with E-state index in [1.165, 1.54) is 11.6 Å². The molecule has 0 aliphatic carbocycles. The van der Waals surface area contributed by atoms with Crippen LogP contribution in [0.3, 0.4) is 0 Å². The topological polar surface area (TPSA) is 46.0 Å². The van der Waals surface area contributed by atoms with Crippen LogP contribution < -0.4 is 10.2 Å². The average Bonchev–Trinajstić information content (AvgIpc) is 3.33. The SMILES string of the molecule is Cc1cc(N2C(=S)N[C@H](c3ccccn3)[C@@H]2c2cc(C)n(Cc3ccncc3)c2C)ccc1F. The van der Waals surface area contributed by atoms with Crippen molar-refractivity contribution in [3.05, 3.63) is 113 Å². The zero-order valence-corrected chi connectivity index (χ0v) is 20.2. The van der Waals surface area contributed by atoms with Crippen molar-refractivity contribution in [1.82, 2.24) is 19.9 Å². The molecule has 4 heterocycles. The second-order valence-electron chi connectivity index (χ2n) is 8.70. The molecule has 0 spiro atoms. The number of hydrogen-bond donors (Lipinski definition) is 1. The summed E-state index contributed by atoms with van der Waals surface area (Å²) in [7, 11) is 0. The van der Waals surface area contributed by atoms with E-state index < -0.39 is 0 Å². The van der Waals surface area contributed by atoms with Crippen molar-refractivity contribution < 1.29 is 4.39 Å². The molecule has 1 N–H and O–H groups in total. The summed E-state index contributed by atoms with van der Waals surface area (Å²) >= 11 is 5.82. The summed E-state index contributed by atoms with van der Waals surface area (Å²) in [5.74, 6) is -0.227. The van der Waals surface area contributed by atoms with Crippen LogP contribution in [-0.4, -0.2) is 19.6 Å². The third-order valence-corrected chi connectivity index (χ3v) is 6.85. The van der Waals surface area contributed by atoms with E-state index >= 15 is 0 Å². The molecule has 5 rings (SSSR count). The number of nitrogens with one attached hydrogen (secondary N) is 1. The summed E-state index contributed by atoms with van der Waals surface area (Å²) in [5.41, 5.74) is 7.04. The van der Waals surface area contributed by atoms with Crippen LogP contribution >= 0.6 is 12.2 Å². The molecule has 0 unspecified atom stereocenters. The van der Waals surface area contributed by atoms with Crippen molar-refractivity contribution in [2.45, 2.75) is 39.4 Å². The number of aromatic nitrogens is 3. The summed E-state index contributed by atoms with van der Waals surface area (Å²) in [4.78, 5) is 10.9. The minimum Gasteiger partial charge on any atom is -0.351 e. The van der Waals surface area contributed by atoms with E-state index in [1.54, 1.807) is 19.2 Å². The third kappa shape index (κ3) is 3.96. The van der Waals surface area contributed by atoms with Gasteiger partial charge in [0, 0.05) is 42.2 Å². The fourth-order valence-electron chi connectivity index (χ4n) is 4.77. The lowest BCUT2D eigenvalue weighted by molar-refractivity contribution is 0.563. The van der Waals surface area contributed by atoms with Gasteiger partial charge in [0.05, 0.1) is 17.8 Å². The van der Waals surface area contributed by atoms with Crippen molar-refractivity contribution in [3.8, 4) is 0 Å². The van der Waals surface area contributed by atoms with Gasteiger partial charge in [0.2, 0.25) is 0 Å². The van der Waals surface area contributed by atoms with Crippen LogP contribution in [0.4, 0.5) is 10.1 Å². The third-order valence-electron chi connectivity index (χ3n) is 6.54. The highest BCUT2D eigenvalue weighted by atomic mass is 32.1. The summed E-state index contributed by atoms with van der Waals surface area (Å²) in [6.07, 6.45) is 5.44. The van der Waals surface area contributed by atoms with E-state index in [2.05, 4.69) is 44.7 Å². The van der Waals surface area contributed by atoms with Crippen molar-refractivity contribution in [2.24, 2.45) is 0 Å². The molecule has 0 bridgehead atoms. The molecular formula is C27H26FN5S. The number of anilines is 1. The van der Waals surface area contributed by atoms with Crippen molar-refractivity contribution in [1.29, 1.82) is 0 Å². The quantitative estimate of drug-likeness (QED) is 0.386. The van der Waals surface area contributed by atoms with Crippen LogP contribution in [0.2, 0.25) is 0 Å². The summed E-state index contributed by atoms with van der Waals surface area (Å²) < 4.78 is 16.4. The largest absolute Gasteiger partial charge is 0.351 e. The summed E-state index contributed by atoms with van der Waals surface area (Å²) in [6, 6.07) is 17.1. The highest BCUT2D eigenvalue weighted by Gasteiger charge is 2.42. The molecular weight excluding hydrogens is 445 g/mol. The van der Waals surface area contributed by atoms with Gasteiger partial charge in [0.25, 0.3) is 0 Å². The number of thiocarbonyl (C=S) groups is 1. The van der Waals surface area contributed by atoms with Crippen LogP contribution in [0.25, 0.3) is 0 Å². The number of nitrogens with zero attached hydrogens (tertiary/aromatic N) is 4. The van der Waals surface area contributed by atoms with Gasteiger partial charge in [-0.1, -0.05) is 6.07 Å². The number of benzene rings is 1. The predicted octanol–water partition coefficient (Wildman–Crippen LogP) is 5.57. The fraction of sp³-hybridized carbons (Fsp3) is 0.222. The van der Waals surface area contributed by atoms with E-state index in [0.717, 1.165) is 34.9 Å². The van der Waals surface area contributed by atoms with Gasteiger partial charge in [-0.15, -0.1) is 0 Å². The molecule has 3 aromatic heterocycles. The van der Waals surface area contributed by atoms with Gasteiger partial charge >= 0.3 is 0 Å². The van der Waals surface area contributed by atoms with Gasteiger partial charge in [0.1, 0.15) is 5.82 Å². The fourth-order valence-corrected chi connectivity index (χ4v) is 5.11. The zero-order chi connectivity index (χ0) is 23.8. The van der Waals surface area contributed by atoms with Crippen molar-refractivity contribution in [3.63, 3.8) is 0 Å². The maximum Gasteiger partial charge on any atom is 0.174 e. The Labute approximate surface area is 204 Å². The van der Waals surface area contributed by atoms with Gasteiger partial charge < -0.3 is 14.8 Å². The molecule has 1 fully saturated rings. The number of rotatable bonds is 5. The monoisotopic (exact) mass is 471 g/mol. The van der Waals surface area contributed by atoms with E-state index in [9.17, 15) is 4.39 Å². The molecule has 172 valence electrons. The molecule has 7 heteroatoms. The van der Waals surface area contributed by atoms with Crippen LogP contribution in [0.1, 0.15) is 45.9 Å². The Bertz CT molecular complexity index is 1340. The first-order valence-corrected chi connectivity index (χ1v) is 11.7. The Kier molecular flexibility index (Phi) is 5.87. The molecule has 2 atom stereocenters. The standard InChI is InChI=1S/C27H26FN5S/c1-17-14-21(7-8-23(17)28)33-26(25(31-27(33)34)24-6-4-5-11-30-24)22-15-18(2)32(19(22)3)16-20-9-12-29-13-10-20/h4-15,25-26H,16H2,1-3H3,(H,31,34)/t25-,26+/m1/s1. The highest BCUT2D eigenvalue weighted by molar-refractivity contribution is 7.80. The molecule has 0 amide bonds. The lowest BCUT2D eigenvalue weighted by Gasteiger charge is -2.28. The number of pyridine rings is 2. The molecule has 34 heavy (non-hydrogen) atoms. The Morgan fingerprint density at radius 1 is 1.00 bits per heavy atom. The normalized spacial score (nSPS) is 17.8. The Balaban J connectivity index is 1.63. The highest BCUT2D eigenvalue weighted by Crippen LogP contribution is 2.43. The van der Waals surface area contributed by atoms with Crippen molar-refractivity contribution in [2.75, 3.05) is 4.90 Å². The van der Waals surface area contributed by atoms with Crippen LogP contribution in [0, 0.1) is 26.6 Å². The Hall–Kier alpha value is -3.58. The minimum atomic E-state index is -0.227. The maximum atomic E-state index is 14.1. The second-order valence-corrected chi connectivity index (χ2v) is 9.08. The maximum absolute atomic E-state index is 14.1. The molecule has 5 nitrogen and oxygen atoms in total. The van der Waals surface area contributed by atoms with Gasteiger partial charge in [0.15, 0.2) is 5.11 Å². The van der Waals surface area contributed by atoms with Crippen molar-refractivity contribution >= 4 is 23.0 Å². The lowest BCUT2D eigenvalue weighted by Crippen LogP contribution is -2.29. The van der Waals surface area contributed by atoms with Gasteiger partial charge in [-0.05, 0) is 98.2 Å². The van der Waals surface area contributed by atoms with E-state index in [0.29, 0.717) is 10.7 Å². The van der Waals surface area contributed by atoms with Crippen LogP contribution in [-0.2, 0) is 6.54 Å². The van der Waals surface area contributed by atoms with Gasteiger partial charge in [-0.25, -0.2) is 4.39 Å². The van der Waals surface area contributed by atoms with E-state index in [4.69, 9.17) is 12.2 Å². The molecule has 1 aliphatic heterocycles. The number of halogens is 1.